The van der Waals surface area contributed by atoms with Crippen LogP contribution in [0.15, 0.2) is 30.3 Å². The molecule has 2 fully saturated rings. The van der Waals surface area contributed by atoms with Crippen molar-refractivity contribution in [2.24, 2.45) is 0 Å². The predicted molar refractivity (Wildman–Crippen MR) is 110 cm³/mol. The molecule has 0 unspecified atom stereocenters. The highest BCUT2D eigenvalue weighted by molar-refractivity contribution is 6.11. The van der Waals surface area contributed by atoms with Crippen LogP contribution in [0.2, 0.25) is 0 Å². The Morgan fingerprint density at radius 2 is 1.79 bits per heavy atom. The molecular formula is C23H27N3O3. The van der Waals surface area contributed by atoms with Crippen LogP contribution in [0.1, 0.15) is 59.4 Å². The summed E-state index contributed by atoms with van der Waals surface area (Å²) in [5.41, 5.74) is 3.65. The number of Topliss-reactive ketones (excluding diaryl/α,β-unsaturated/α-hetero) is 1. The molecule has 4 rings (SSSR count). The van der Waals surface area contributed by atoms with Gasteiger partial charge in [0, 0.05) is 22.6 Å². The number of carbonyl (C=O) groups excluding carboxylic acids is 3. The Kier molecular flexibility index (Phi) is 4.81. The normalized spacial score (nSPS) is 18.4. The fourth-order valence-electron chi connectivity index (χ4n) is 4.75. The number of hydrogen-bond acceptors (Lipinski definition) is 3. The minimum atomic E-state index is -0.798. The van der Waals surface area contributed by atoms with Crippen molar-refractivity contribution in [1.29, 1.82) is 0 Å². The predicted octanol–water partition coefficient (Wildman–Crippen LogP) is 3.84. The van der Waals surface area contributed by atoms with E-state index in [1.807, 2.05) is 49.6 Å². The number of imide groups is 1. The molecule has 1 aliphatic carbocycles. The van der Waals surface area contributed by atoms with Crippen LogP contribution in [-0.2, 0) is 4.79 Å². The van der Waals surface area contributed by atoms with E-state index in [0.717, 1.165) is 46.8 Å². The molecule has 2 heterocycles. The van der Waals surface area contributed by atoms with Gasteiger partial charge in [0.1, 0.15) is 5.54 Å². The molecule has 152 valence electrons. The lowest BCUT2D eigenvalue weighted by molar-refractivity contribution is -0.132. The average molecular weight is 393 g/mol. The van der Waals surface area contributed by atoms with E-state index in [9.17, 15) is 14.4 Å². The number of hydrogen-bond donors (Lipinski definition) is 1. The number of nitrogens with zero attached hydrogens (tertiary/aromatic N) is 2. The molecule has 1 aliphatic heterocycles. The molecule has 6 nitrogen and oxygen atoms in total. The molecular weight excluding hydrogens is 366 g/mol. The lowest BCUT2D eigenvalue weighted by Crippen LogP contribution is -2.48. The Balaban J connectivity index is 1.59. The fourth-order valence-corrected chi connectivity index (χ4v) is 4.75. The number of benzene rings is 1. The van der Waals surface area contributed by atoms with Gasteiger partial charge in [-0.25, -0.2) is 4.79 Å². The second-order valence-corrected chi connectivity index (χ2v) is 8.35. The molecule has 2 aromatic rings. The van der Waals surface area contributed by atoms with Crippen molar-refractivity contribution < 1.29 is 14.4 Å². The first-order chi connectivity index (χ1) is 13.8. The van der Waals surface area contributed by atoms with Crippen LogP contribution >= 0.6 is 0 Å². The number of nitrogens with one attached hydrogen (secondary N) is 1. The molecule has 0 bridgehead atoms. The van der Waals surface area contributed by atoms with Gasteiger partial charge >= 0.3 is 6.03 Å². The van der Waals surface area contributed by atoms with Gasteiger partial charge in [-0.1, -0.05) is 31.4 Å². The fraction of sp³-hybridized carbons (Fsp3) is 0.435. The van der Waals surface area contributed by atoms with E-state index >= 15 is 0 Å². The van der Waals surface area contributed by atoms with Gasteiger partial charge in [-0.15, -0.1) is 0 Å². The number of carbonyl (C=O) groups is 3. The Bertz CT molecular complexity index is 999. The third-order valence-electron chi connectivity index (χ3n) is 6.25. The summed E-state index contributed by atoms with van der Waals surface area (Å²) in [4.78, 5) is 39.6. The van der Waals surface area contributed by atoms with Gasteiger partial charge < -0.3 is 9.88 Å². The highest BCUT2D eigenvalue weighted by atomic mass is 16.2. The van der Waals surface area contributed by atoms with Gasteiger partial charge in [0.25, 0.3) is 5.91 Å². The molecule has 0 radical (unpaired) electrons. The molecule has 1 saturated heterocycles. The Labute approximate surface area is 170 Å². The van der Waals surface area contributed by atoms with E-state index in [4.69, 9.17) is 0 Å². The summed E-state index contributed by atoms with van der Waals surface area (Å²) < 4.78 is 2.04. The smallest absolute Gasteiger partial charge is 0.323 e. The standard InChI is InChI=1S/C23H27N3O3/c1-15-8-7-9-18(12-15)26-16(2)13-19(17(26)3)20(27)14-25-21(28)23(24-22(25)29)10-5-4-6-11-23/h7-9,12-13H,4-6,10-11,14H2,1-3H3,(H,24,29). The van der Waals surface area contributed by atoms with E-state index in [1.54, 1.807) is 0 Å². The van der Waals surface area contributed by atoms with Crippen LogP contribution in [0.4, 0.5) is 4.79 Å². The van der Waals surface area contributed by atoms with Crippen molar-refractivity contribution in [1.82, 2.24) is 14.8 Å². The Morgan fingerprint density at radius 1 is 1.07 bits per heavy atom. The minimum Gasteiger partial charge on any atom is -0.323 e. The molecule has 3 amide bonds. The molecule has 1 spiro atoms. The Morgan fingerprint density at radius 3 is 2.48 bits per heavy atom. The minimum absolute atomic E-state index is 0.214. The van der Waals surface area contributed by atoms with E-state index in [-0.39, 0.29) is 18.2 Å². The van der Waals surface area contributed by atoms with Crippen LogP contribution in [0, 0.1) is 20.8 Å². The molecule has 1 aromatic carbocycles. The third-order valence-corrected chi connectivity index (χ3v) is 6.25. The highest BCUT2D eigenvalue weighted by Gasteiger charge is 2.51. The Hall–Kier alpha value is -2.89. The van der Waals surface area contributed by atoms with Crippen LogP contribution in [0.25, 0.3) is 5.69 Å². The lowest BCUT2D eigenvalue weighted by Gasteiger charge is -2.30. The SMILES string of the molecule is Cc1cccc(-n2c(C)cc(C(=O)CN3C(=O)NC4(CCCCC4)C3=O)c2C)c1. The maximum atomic E-state index is 13.1. The number of ketones is 1. The van der Waals surface area contributed by atoms with Crippen molar-refractivity contribution in [3.63, 3.8) is 0 Å². The van der Waals surface area contributed by atoms with Crippen LogP contribution in [-0.4, -0.2) is 39.3 Å². The topological polar surface area (TPSA) is 71.4 Å². The second kappa shape index (κ2) is 7.17. The third kappa shape index (κ3) is 3.26. The van der Waals surface area contributed by atoms with Crippen LogP contribution in [0.5, 0.6) is 0 Å². The quantitative estimate of drug-likeness (QED) is 0.634. The summed E-state index contributed by atoms with van der Waals surface area (Å²) in [7, 11) is 0. The van der Waals surface area contributed by atoms with Gasteiger partial charge in [0.15, 0.2) is 5.78 Å². The number of aryl methyl sites for hydroxylation is 2. The van der Waals surface area contributed by atoms with Crippen molar-refractivity contribution >= 4 is 17.7 Å². The molecule has 0 atom stereocenters. The number of urea groups is 1. The van der Waals surface area contributed by atoms with Gasteiger partial charge in [-0.3, -0.25) is 14.5 Å². The van der Waals surface area contributed by atoms with E-state index in [0.29, 0.717) is 18.4 Å². The first-order valence-electron chi connectivity index (χ1n) is 10.3. The van der Waals surface area contributed by atoms with Gasteiger partial charge in [-0.2, -0.15) is 0 Å². The molecule has 1 aromatic heterocycles. The van der Waals surface area contributed by atoms with Crippen molar-refractivity contribution in [2.75, 3.05) is 6.54 Å². The highest BCUT2D eigenvalue weighted by Crippen LogP contribution is 2.34. The van der Waals surface area contributed by atoms with Crippen molar-refractivity contribution in [3.05, 3.63) is 52.8 Å². The molecule has 1 N–H and O–H groups in total. The largest absolute Gasteiger partial charge is 0.325 e. The van der Waals surface area contributed by atoms with Gasteiger partial charge in [0.05, 0.1) is 6.54 Å². The molecule has 6 heteroatoms. The maximum Gasteiger partial charge on any atom is 0.325 e. The zero-order valence-corrected chi connectivity index (χ0v) is 17.2. The number of amides is 3. The first-order valence-corrected chi connectivity index (χ1v) is 10.3. The van der Waals surface area contributed by atoms with Crippen LogP contribution < -0.4 is 5.32 Å². The van der Waals surface area contributed by atoms with Gasteiger partial charge in [-0.05, 0) is 57.4 Å². The summed E-state index contributed by atoms with van der Waals surface area (Å²) in [6.45, 7) is 5.67. The van der Waals surface area contributed by atoms with E-state index in [2.05, 4.69) is 11.4 Å². The summed E-state index contributed by atoms with van der Waals surface area (Å²) in [6.07, 6.45) is 4.24. The maximum absolute atomic E-state index is 13.1. The van der Waals surface area contributed by atoms with Crippen molar-refractivity contribution in [2.45, 2.75) is 58.4 Å². The molecule has 29 heavy (non-hydrogen) atoms. The second-order valence-electron chi connectivity index (χ2n) is 8.35. The van der Waals surface area contributed by atoms with Crippen LogP contribution in [0.3, 0.4) is 0 Å². The first kappa shape index (κ1) is 19.4. The molecule has 2 aliphatic rings. The summed E-state index contributed by atoms with van der Waals surface area (Å²) in [5, 5.41) is 2.87. The zero-order valence-electron chi connectivity index (χ0n) is 17.2. The summed E-state index contributed by atoms with van der Waals surface area (Å²) in [5.74, 6) is -0.462. The number of aromatic nitrogens is 1. The summed E-state index contributed by atoms with van der Waals surface area (Å²) >= 11 is 0. The number of rotatable bonds is 4. The monoisotopic (exact) mass is 393 g/mol. The van der Waals surface area contributed by atoms with E-state index < -0.39 is 11.6 Å². The molecule has 1 saturated carbocycles. The summed E-state index contributed by atoms with van der Waals surface area (Å²) in [6, 6.07) is 9.49. The lowest BCUT2D eigenvalue weighted by atomic mass is 9.82. The average Bonchev–Trinajstić information content (AvgIpc) is 3.10. The van der Waals surface area contributed by atoms with Gasteiger partial charge in [0.2, 0.25) is 0 Å². The van der Waals surface area contributed by atoms with E-state index in [1.165, 1.54) is 0 Å². The zero-order chi connectivity index (χ0) is 20.8. The van der Waals surface area contributed by atoms with Crippen molar-refractivity contribution in [3.8, 4) is 5.69 Å².